The number of rotatable bonds is 9. The molecule has 0 unspecified atom stereocenters. The molecule has 1 fully saturated rings. The third kappa shape index (κ3) is 7.63. The monoisotopic (exact) mass is 435 g/mol. The van der Waals surface area contributed by atoms with E-state index in [0.29, 0.717) is 5.96 Å². The number of nitrogens with zero attached hydrogens (tertiary/aromatic N) is 3. The molecule has 8 heteroatoms. The van der Waals surface area contributed by atoms with Crippen LogP contribution < -0.4 is 10.6 Å². The van der Waals surface area contributed by atoms with Crippen molar-refractivity contribution in [1.29, 1.82) is 0 Å². The SMILES string of the molecule is CCC(CC)C(=O)N1CCC(NC(=NCC(=O)N(C)C)NCCc2cccs2)CC1. The smallest absolute Gasteiger partial charge is 0.243 e. The number of likely N-dealkylation sites (tertiary alicyclic amines) is 1. The minimum atomic E-state index is -0.0278. The molecule has 0 spiro atoms. The molecule has 2 rings (SSSR count). The van der Waals surface area contributed by atoms with Crippen LogP contribution in [0.25, 0.3) is 0 Å². The number of guanidine groups is 1. The first kappa shape index (κ1) is 24.2. The number of aliphatic imine (C=N–C) groups is 1. The van der Waals surface area contributed by atoms with E-state index < -0.39 is 0 Å². The first-order chi connectivity index (χ1) is 14.4. The summed E-state index contributed by atoms with van der Waals surface area (Å²) in [4.78, 5) is 33.9. The topological polar surface area (TPSA) is 77.0 Å². The third-order valence-corrected chi connectivity index (χ3v) is 6.53. The van der Waals surface area contributed by atoms with Crippen LogP contribution in [-0.4, -0.2) is 73.9 Å². The molecule has 0 bridgehead atoms. The number of piperidine rings is 1. The fourth-order valence-corrected chi connectivity index (χ4v) is 4.24. The number of hydrogen-bond acceptors (Lipinski definition) is 4. The summed E-state index contributed by atoms with van der Waals surface area (Å²) in [7, 11) is 3.48. The maximum Gasteiger partial charge on any atom is 0.243 e. The van der Waals surface area contributed by atoms with E-state index >= 15 is 0 Å². The zero-order chi connectivity index (χ0) is 21.9. The highest BCUT2D eigenvalue weighted by molar-refractivity contribution is 7.09. The van der Waals surface area contributed by atoms with Crippen molar-refractivity contribution >= 4 is 29.1 Å². The number of carbonyl (C=O) groups is 2. The Kier molecular flexibility index (Phi) is 10.1. The van der Waals surface area contributed by atoms with Crippen molar-refractivity contribution < 1.29 is 9.59 Å². The highest BCUT2D eigenvalue weighted by Gasteiger charge is 2.26. The van der Waals surface area contributed by atoms with Crippen molar-refractivity contribution in [3.05, 3.63) is 22.4 Å². The van der Waals surface area contributed by atoms with Crippen LogP contribution in [0.3, 0.4) is 0 Å². The standard InChI is InChI=1S/C22H37N5O2S/c1-5-17(6-2)21(29)27-13-10-18(11-14-27)25-22(24-16-20(28)26(3)4)23-12-9-19-8-7-15-30-19/h7-8,15,17-18H,5-6,9-14,16H2,1-4H3,(H2,23,24,25). The predicted octanol–water partition coefficient (Wildman–Crippen LogP) is 2.34. The molecule has 2 heterocycles. The molecule has 168 valence electrons. The molecular formula is C22H37N5O2S. The van der Waals surface area contributed by atoms with Gasteiger partial charge >= 0.3 is 0 Å². The second-order valence-corrected chi connectivity index (χ2v) is 9.00. The van der Waals surface area contributed by atoms with Crippen LogP contribution in [0.15, 0.2) is 22.5 Å². The Morgan fingerprint density at radius 1 is 1.27 bits per heavy atom. The summed E-state index contributed by atoms with van der Waals surface area (Å²) in [6.07, 6.45) is 4.50. The van der Waals surface area contributed by atoms with E-state index in [4.69, 9.17) is 0 Å². The van der Waals surface area contributed by atoms with E-state index in [9.17, 15) is 9.59 Å². The van der Waals surface area contributed by atoms with Crippen LogP contribution >= 0.6 is 11.3 Å². The van der Waals surface area contributed by atoms with Crippen LogP contribution in [0.2, 0.25) is 0 Å². The maximum absolute atomic E-state index is 12.6. The van der Waals surface area contributed by atoms with E-state index in [1.807, 2.05) is 4.90 Å². The molecule has 0 aromatic carbocycles. The van der Waals surface area contributed by atoms with Crippen LogP contribution in [0.1, 0.15) is 44.4 Å². The lowest BCUT2D eigenvalue weighted by atomic mass is 9.98. The highest BCUT2D eigenvalue weighted by Crippen LogP contribution is 2.17. The number of nitrogens with one attached hydrogen (secondary N) is 2. The van der Waals surface area contributed by atoms with Crippen LogP contribution in [0, 0.1) is 5.92 Å². The van der Waals surface area contributed by atoms with Crippen LogP contribution in [-0.2, 0) is 16.0 Å². The Hall–Kier alpha value is -2.09. The molecule has 0 saturated carbocycles. The molecule has 2 amide bonds. The van der Waals surface area contributed by atoms with Gasteiger partial charge in [-0.3, -0.25) is 9.59 Å². The van der Waals surface area contributed by atoms with Gasteiger partial charge in [-0.1, -0.05) is 19.9 Å². The molecule has 0 atom stereocenters. The van der Waals surface area contributed by atoms with Gasteiger partial charge in [0.15, 0.2) is 5.96 Å². The fraction of sp³-hybridized carbons (Fsp3) is 0.682. The largest absolute Gasteiger partial charge is 0.356 e. The van der Waals surface area contributed by atoms with Gasteiger partial charge in [0.2, 0.25) is 11.8 Å². The van der Waals surface area contributed by atoms with Crippen molar-refractivity contribution in [2.45, 2.75) is 52.0 Å². The molecular weight excluding hydrogens is 398 g/mol. The van der Waals surface area contributed by atoms with Crippen molar-refractivity contribution in [2.24, 2.45) is 10.9 Å². The van der Waals surface area contributed by atoms with Gasteiger partial charge in [-0.2, -0.15) is 0 Å². The van der Waals surface area contributed by atoms with E-state index in [2.05, 4.69) is 47.0 Å². The van der Waals surface area contributed by atoms with Crippen LogP contribution in [0.5, 0.6) is 0 Å². The van der Waals surface area contributed by atoms with Crippen molar-refractivity contribution in [1.82, 2.24) is 20.4 Å². The Bertz CT molecular complexity index is 678. The summed E-state index contributed by atoms with van der Waals surface area (Å²) < 4.78 is 0. The van der Waals surface area contributed by atoms with E-state index in [0.717, 1.165) is 51.7 Å². The summed E-state index contributed by atoms with van der Waals surface area (Å²) in [5, 5.41) is 8.92. The Morgan fingerprint density at radius 2 is 1.97 bits per heavy atom. The van der Waals surface area contributed by atoms with E-state index in [1.54, 1.807) is 30.3 Å². The summed E-state index contributed by atoms with van der Waals surface area (Å²) >= 11 is 1.74. The van der Waals surface area contributed by atoms with Crippen molar-refractivity contribution in [3.8, 4) is 0 Å². The lowest BCUT2D eigenvalue weighted by Gasteiger charge is -2.35. The number of amides is 2. The molecule has 1 aliphatic rings. The number of hydrogen-bond donors (Lipinski definition) is 2. The average Bonchev–Trinajstić information content (AvgIpc) is 3.26. The van der Waals surface area contributed by atoms with E-state index in [1.165, 1.54) is 4.88 Å². The molecule has 30 heavy (non-hydrogen) atoms. The van der Waals surface area contributed by atoms with Gasteiger partial charge in [0, 0.05) is 50.6 Å². The van der Waals surface area contributed by atoms with Gasteiger partial charge in [-0.15, -0.1) is 11.3 Å². The number of thiophene rings is 1. The molecule has 1 aromatic rings. The molecule has 0 radical (unpaired) electrons. The van der Waals surface area contributed by atoms with Gasteiger partial charge in [0.25, 0.3) is 0 Å². The summed E-state index contributed by atoms with van der Waals surface area (Å²) in [5.74, 6) is 1.08. The highest BCUT2D eigenvalue weighted by atomic mass is 32.1. The Labute approximate surface area is 184 Å². The number of carbonyl (C=O) groups excluding carboxylic acids is 2. The zero-order valence-corrected chi connectivity index (χ0v) is 19.6. The summed E-state index contributed by atoms with van der Waals surface area (Å²) in [6.45, 7) is 6.58. The Balaban J connectivity index is 1.88. The molecule has 7 nitrogen and oxygen atoms in total. The molecule has 1 aliphatic heterocycles. The van der Waals surface area contributed by atoms with Crippen LogP contribution in [0.4, 0.5) is 0 Å². The van der Waals surface area contributed by atoms with E-state index in [-0.39, 0.29) is 30.3 Å². The van der Waals surface area contributed by atoms with Gasteiger partial charge in [-0.05, 0) is 43.6 Å². The second-order valence-electron chi connectivity index (χ2n) is 7.97. The minimum Gasteiger partial charge on any atom is -0.356 e. The van der Waals surface area contributed by atoms with Gasteiger partial charge in [0.1, 0.15) is 6.54 Å². The fourth-order valence-electron chi connectivity index (χ4n) is 3.53. The molecule has 1 saturated heterocycles. The predicted molar refractivity (Wildman–Crippen MR) is 124 cm³/mol. The second kappa shape index (κ2) is 12.6. The molecule has 1 aromatic heterocycles. The molecule has 2 N–H and O–H groups in total. The normalized spacial score (nSPS) is 15.4. The zero-order valence-electron chi connectivity index (χ0n) is 18.8. The summed E-state index contributed by atoms with van der Waals surface area (Å²) in [6, 6.07) is 4.43. The van der Waals surface area contributed by atoms with Gasteiger partial charge in [-0.25, -0.2) is 4.99 Å². The first-order valence-corrected chi connectivity index (χ1v) is 11.9. The lowest BCUT2D eigenvalue weighted by Crippen LogP contribution is -2.51. The average molecular weight is 436 g/mol. The van der Waals surface area contributed by atoms with Crippen molar-refractivity contribution in [3.63, 3.8) is 0 Å². The first-order valence-electron chi connectivity index (χ1n) is 11.0. The quantitative estimate of drug-likeness (QED) is 0.461. The van der Waals surface area contributed by atoms with Crippen molar-refractivity contribution in [2.75, 3.05) is 40.3 Å². The third-order valence-electron chi connectivity index (χ3n) is 5.60. The van der Waals surface area contributed by atoms with Gasteiger partial charge in [0.05, 0.1) is 0 Å². The Morgan fingerprint density at radius 3 is 2.53 bits per heavy atom. The number of likely N-dealkylation sites (N-methyl/N-ethyl adjacent to an activating group) is 1. The molecule has 0 aliphatic carbocycles. The summed E-state index contributed by atoms with van der Waals surface area (Å²) in [5.41, 5.74) is 0. The maximum atomic E-state index is 12.6. The lowest BCUT2D eigenvalue weighted by molar-refractivity contribution is -0.136. The van der Waals surface area contributed by atoms with Gasteiger partial charge < -0.3 is 20.4 Å². The minimum absolute atomic E-state index is 0.0278.